The van der Waals surface area contributed by atoms with Crippen LogP contribution in [0.25, 0.3) is 0 Å². The minimum absolute atomic E-state index is 0.615. The molecule has 0 saturated heterocycles. The summed E-state index contributed by atoms with van der Waals surface area (Å²) in [5.74, 6) is 0.988. The van der Waals surface area contributed by atoms with E-state index in [2.05, 4.69) is 17.4 Å². The lowest BCUT2D eigenvalue weighted by Crippen LogP contribution is -2.19. The standard InChI is InChI=1S/C14H21NO2/c1-16-10-11-17-14-5-3-2-4-12(14)8-9-15-13-6-7-13/h2-5,13,15H,6-11H2,1H3. The first kappa shape index (κ1) is 12.4. The van der Waals surface area contributed by atoms with Crippen LogP contribution in [0.5, 0.6) is 5.75 Å². The molecule has 0 spiro atoms. The van der Waals surface area contributed by atoms with Gasteiger partial charge in [0.05, 0.1) is 6.61 Å². The molecule has 0 amide bonds. The Morgan fingerprint density at radius 3 is 2.82 bits per heavy atom. The van der Waals surface area contributed by atoms with Crippen LogP contribution in [0.15, 0.2) is 24.3 Å². The molecule has 1 aromatic rings. The van der Waals surface area contributed by atoms with Gasteiger partial charge in [-0.25, -0.2) is 0 Å². The molecular weight excluding hydrogens is 214 g/mol. The lowest BCUT2D eigenvalue weighted by atomic mass is 10.1. The van der Waals surface area contributed by atoms with Crippen LogP contribution in [-0.2, 0) is 11.2 Å². The molecular formula is C14H21NO2. The van der Waals surface area contributed by atoms with Gasteiger partial charge in [-0.1, -0.05) is 18.2 Å². The van der Waals surface area contributed by atoms with E-state index in [4.69, 9.17) is 9.47 Å². The molecule has 94 valence electrons. The van der Waals surface area contributed by atoms with E-state index in [-0.39, 0.29) is 0 Å². The normalized spacial score (nSPS) is 14.9. The molecule has 3 heteroatoms. The summed E-state index contributed by atoms with van der Waals surface area (Å²) < 4.78 is 10.7. The Morgan fingerprint density at radius 1 is 1.24 bits per heavy atom. The summed E-state index contributed by atoms with van der Waals surface area (Å²) in [7, 11) is 1.69. The molecule has 0 atom stereocenters. The Bertz CT molecular complexity index is 337. The minimum Gasteiger partial charge on any atom is -0.491 e. The smallest absolute Gasteiger partial charge is 0.122 e. The van der Waals surface area contributed by atoms with Crippen molar-refractivity contribution in [1.82, 2.24) is 5.32 Å². The molecule has 0 radical (unpaired) electrons. The zero-order valence-corrected chi connectivity index (χ0v) is 10.4. The summed E-state index contributed by atoms with van der Waals surface area (Å²) in [6.07, 6.45) is 3.71. The van der Waals surface area contributed by atoms with Crippen molar-refractivity contribution in [2.45, 2.75) is 25.3 Å². The van der Waals surface area contributed by atoms with Gasteiger partial charge in [0.2, 0.25) is 0 Å². The largest absolute Gasteiger partial charge is 0.491 e. The van der Waals surface area contributed by atoms with E-state index in [1.165, 1.54) is 18.4 Å². The van der Waals surface area contributed by atoms with Gasteiger partial charge in [-0.2, -0.15) is 0 Å². The molecule has 0 unspecified atom stereocenters. The highest BCUT2D eigenvalue weighted by molar-refractivity contribution is 5.33. The molecule has 1 aromatic carbocycles. The number of ether oxygens (including phenoxy) is 2. The van der Waals surface area contributed by atoms with Crippen molar-refractivity contribution >= 4 is 0 Å². The number of para-hydroxylation sites is 1. The van der Waals surface area contributed by atoms with Crippen molar-refractivity contribution in [1.29, 1.82) is 0 Å². The molecule has 1 fully saturated rings. The minimum atomic E-state index is 0.615. The van der Waals surface area contributed by atoms with Gasteiger partial charge in [0, 0.05) is 13.2 Å². The van der Waals surface area contributed by atoms with Gasteiger partial charge in [-0.3, -0.25) is 0 Å². The van der Waals surface area contributed by atoms with Gasteiger partial charge in [0.15, 0.2) is 0 Å². The zero-order valence-electron chi connectivity index (χ0n) is 10.4. The van der Waals surface area contributed by atoms with Gasteiger partial charge in [-0.15, -0.1) is 0 Å². The summed E-state index contributed by atoms with van der Waals surface area (Å²) in [4.78, 5) is 0. The fourth-order valence-electron chi connectivity index (χ4n) is 1.78. The summed E-state index contributed by atoms with van der Waals surface area (Å²) >= 11 is 0. The second kappa shape index (κ2) is 6.62. The summed E-state index contributed by atoms with van der Waals surface area (Å²) in [5, 5.41) is 3.52. The van der Waals surface area contributed by atoms with E-state index in [1.54, 1.807) is 7.11 Å². The van der Waals surface area contributed by atoms with E-state index in [9.17, 15) is 0 Å². The Balaban J connectivity index is 1.80. The maximum Gasteiger partial charge on any atom is 0.122 e. The van der Waals surface area contributed by atoms with Crippen molar-refractivity contribution in [3.8, 4) is 5.75 Å². The third-order valence-electron chi connectivity index (χ3n) is 2.92. The molecule has 0 heterocycles. The molecule has 0 aromatic heterocycles. The Labute approximate surface area is 103 Å². The van der Waals surface area contributed by atoms with E-state index in [0.29, 0.717) is 13.2 Å². The van der Waals surface area contributed by atoms with Crippen LogP contribution < -0.4 is 10.1 Å². The lowest BCUT2D eigenvalue weighted by molar-refractivity contribution is 0.146. The van der Waals surface area contributed by atoms with E-state index >= 15 is 0 Å². The lowest BCUT2D eigenvalue weighted by Gasteiger charge is -2.11. The van der Waals surface area contributed by atoms with Gasteiger partial charge in [0.1, 0.15) is 12.4 Å². The SMILES string of the molecule is COCCOc1ccccc1CCNC1CC1. The van der Waals surface area contributed by atoms with Crippen LogP contribution in [0.3, 0.4) is 0 Å². The van der Waals surface area contributed by atoms with Gasteiger partial charge < -0.3 is 14.8 Å². The van der Waals surface area contributed by atoms with E-state index < -0.39 is 0 Å². The molecule has 1 aliphatic rings. The van der Waals surface area contributed by atoms with Crippen LogP contribution in [0, 0.1) is 0 Å². The highest BCUT2D eigenvalue weighted by Crippen LogP contribution is 2.20. The maximum atomic E-state index is 5.70. The molecule has 1 N–H and O–H groups in total. The zero-order chi connectivity index (χ0) is 11.9. The first-order valence-electron chi connectivity index (χ1n) is 6.33. The van der Waals surface area contributed by atoms with E-state index in [1.807, 2.05) is 12.1 Å². The molecule has 1 saturated carbocycles. The predicted octanol–water partition coefficient (Wildman–Crippen LogP) is 2.01. The van der Waals surface area contributed by atoms with Gasteiger partial charge in [-0.05, 0) is 37.4 Å². The maximum absolute atomic E-state index is 5.70. The highest BCUT2D eigenvalue weighted by Gasteiger charge is 2.19. The number of hydrogen-bond donors (Lipinski definition) is 1. The third-order valence-corrected chi connectivity index (χ3v) is 2.92. The fraction of sp³-hybridized carbons (Fsp3) is 0.571. The second-order valence-corrected chi connectivity index (χ2v) is 4.43. The summed E-state index contributed by atoms with van der Waals surface area (Å²) in [5.41, 5.74) is 1.27. The molecule has 3 nitrogen and oxygen atoms in total. The number of benzene rings is 1. The molecule has 1 aliphatic carbocycles. The third kappa shape index (κ3) is 4.36. The average molecular weight is 235 g/mol. The Morgan fingerprint density at radius 2 is 2.06 bits per heavy atom. The number of rotatable bonds is 8. The van der Waals surface area contributed by atoms with Crippen LogP contribution in [-0.4, -0.2) is 32.9 Å². The number of methoxy groups -OCH3 is 1. The Hall–Kier alpha value is -1.06. The van der Waals surface area contributed by atoms with Crippen LogP contribution in [0.1, 0.15) is 18.4 Å². The van der Waals surface area contributed by atoms with Gasteiger partial charge >= 0.3 is 0 Å². The molecule has 0 aliphatic heterocycles. The topological polar surface area (TPSA) is 30.5 Å². The summed E-state index contributed by atoms with van der Waals surface area (Å²) in [6.45, 7) is 2.29. The average Bonchev–Trinajstić information content (AvgIpc) is 3.15. The van der Waals surface area contributed by atoms with Crippen LogP contribution in [0.2, 0.25) is 0 Å². The quantitative estimate of drug-likeness (QED) is 0.699. The molecule has 17 heavy (non-hydrogen) atoms. The second-order valence-electron chi connectivity index (χ2n) is 4.43. The molecule has 2 rings (SSSR count). The first-order chi connectivity index (χ1) is 8.40. The van der Waals surface area contributed by atoms with E-state index in [0.717, 1.165) is 24.8 Å². The number of nitrogens with one attached hydrogen (secondary N) is 1. The highest BCUT2D eigenvalue weighted by atomic mass is 16.5. The number of hydrogen-bond acceptors (Lipinski definition) is 3. The van der Waals surface area contributed by atoms with Crippen molar-refractivity contribution < 1.29 is 9.47 Å². The fourth-order valence-corrected chi connectivity index (χ4v) is 1.78. The van der Waals surface area contributed by atoms with Crippen molar-refractivity contribution in [2.75, 3.05) is 26.9 Å². The first-order valence-corrected chi connectivity index (χ1v) is 6.33. The molecule has 0 bridgehead atoms. The summed E-state index contributed by atoms with van der Waals surface area (Å²) in [6, 6.07) is 9.02. The van der Waals surface area contributed by atoms with Crippen LogP contribution >= 0.6 is 0 Å². The van der Waals surface area contributed by atoms with Crippen LogP contribution in [0.4, 0.5) is 0 Å². The van der Waals surface area contributed by atoms with Gasteiger partial charge in [0.25, 0.3) is 0 Å². The van der Waals surface area contributed by atoms with Crippen molar-refractivity contribution in [3.05, 3.63) is 29.8 Å². The van der Waals surface area contributed by atoms with Crippen molar-refractivity contribution in [3.63, 3.8) is 0 Å². The predicted molar refractivity (Wildman–Crippen MR) is 68.5 cm³/mol. The monoisotopic (exact) mass is 235 g/mol. The van der Waals surface area contributed by atoms with Crippen molar-refractivity contribution in [2.24, 2.45) is 0 Å². The Kier molecular flexibility index (Phi) is 4.83.